The first-order chi connectivity index (χ1) is 15.7. The molecular weight excluding hydrogens is 418 g/mol. The summed E-state index contributed by atoms with van der Waals surface area (Å²) in [7, 11) is 0. The van der Waals surface area contributed by atoms with Crippen molar-refractivity contribution in [3.63, 3.8) is 0 Å². The van der Waals surface area contributed by atoms with Crippen LogP contribution in [0.1, 0.15) is 130 Å². The minimum Gasteiger partial charge on any atom is -0.481 e. The molecule has 4 N–H and O–H groups in total. The number of aliphatic carboxylic acids is 1. The molecule has 6 heteroatoms. The number of carboxylic acids is 1. The van der Waals surface area contributed by atoms with Crippen molar-refractivity contribution in [2.45, 2.75) is 149 Å². The van der Waals surface area contributed by atoms with E-state index in [2.05, 4.69) is 6.92 Å². The van der Waals surface area contributed by atoms with Crippen molar-refractivity contribution in [2.75, 3.05) is 19.6 Å². The Morgan fingerprint density at radius 1 is 0.576 bits per heavy atom. The van der Waals surface area contributed by atoms with Gasteiger partial charge in [0.05, 0.1) is 18.3 Å². The van der Waals surface area contributed by atoms with E-state index in [1.807, 2.05) is 4.90 Å². The molecule has 0 aliphatic heterocycles. The van der Waals surface area contributed by atoms with Crippen molar-refractivity contribution >= 4 is 5.97 Å². The van der Waals surface area contributed by atoms with Crippen molar-refractivity contribution in [3.05, 3.63) is 0 Å². The summed E-state index contributed by atoms with van der Waals surface area (Å²) < 4.78 is 0. The maximum atomic E-state index is 10.3. The van der Waals surface area contributed by atoms with Gasteiger partial charge in [0.2, 0.25) is 0 Å². The largest absolute Gasteiger partial charge is 0.481 e. The lowest BCUT2D eigenvalue weighted by Crippen LogP contribution is -2.40. The monoisotopic (exact) mass is 475 g/mol. The van der Waals surface area contributed by atoms with Crippen LogP contribution in [-0.4, -0.2) is 69.2 Å². The van der Waals surface area contributed by atoms with Crippen molar-refractivity contribution in [1.29, 1.82) is 0 Å². The second kappa shape index (κ2) is 25.9. The number of carboxylic acid groups (broad SMARTS) is 1. The van der Waals surface area contributed by atoms with Crippen LogP contribution in [0.4, 0.5) is 0 Å². The number of aliphatic hydroxyl groups excluding tert-OH is 3. The Morgan fingerprint density at radius 2 is 0.848 bits per heavy atom. The van der Waals surface area contributed by atoms with Crippen LogP contribution in [-0.2, 0) is 4.79 Å². The van der Waals surface area contributed by atoms with Crippen LogP contribution in [0.3, 0.4) is 0 Å². The maximum absolute atomic E-state index is 10.3. The molecule has 6 nitrogen and oxygen atoms in total. The van der Waals surface area contributed by atoms with Crippen molar-refractivity contribution in [2.24, 2.45) is 0 Å². The highest BCUT2D eigenvalue weighted by molar-refractivity contribution is 5.66. The van der Waals surface area contributed by atoms with Gasteiger partial charge in [-0.25, -0.2) is 0 Å². The van der Waals surface area contributed by atoms with Gasteiger partial charge < -0.3 is 20.4 Å². The Labute approximate surface area is 204 Å². The minimum atomic E-state index is -0.653. The lowest BCUT2D eigenvalue weighted by molar-refractivity contribution is -0.137. The summed E-state index contributed by atoms with van der Waals surface area (Å²) in [5, 5.41) is 35.9. The fourth-order valence-corrected chi connectivity index (χ4v) is 3.99. The molecule has 0 aromatic carbocycles. The van der Waals surface area contributed by atoms with Gasteiger partial charge in [-0.05, 0) is 27.2 Å². The van der Waals surface area contributed by atoms with Crippen LogP contribution < -0.4 is 0 Å². The molecule has 0 aliphatic rings. The van der Waals surface area contributed by atoms with Crippen molar-refractivity contribution < 1.29 is 25.2 Å². The van der Waals surface area contributed by atoms with Gasteiger partial charge in [-0.15, -0.1) is 0 Å². The van der Waals surface area contributed by atoms with Crippen molar-refractivity contribution in [1.82, 2.24) is 4.90 Å². The highest BCUT2D eigenvalue weighted by Crippen LogP contribution is 2.13. The number of rotatable bonds is 22. The number of carbonyl (C=O) groups is 1. The third-order valence-electron chi connectivity index (χ3n) is 5.56. The predicted octanol–water partition coefficient (Wildman–Crippen LogP) is 5.76. The molecule has 0 aromatic rings. The van der Waals surface area contributed by atoms with E-state index in [4.69, 9.17) is 20.4 Å². The molecule has 0 heterocycles. The summed E-state index contributed by atoms with van der Waals surface area (Å²) in [6.45, 7) is 8.79. The van der Waals surface area contributed by atoms with Crippen LogP contribution in [0.2, 0.25) is 0 Å². The Morgan fingerprint density at radius 3 is 1.09 bits per heavy atom. The lowest BCUT2D eigenvalue weighted by atomic mass is 10.0. The predicted molar refractivity (Wildman–Crippen MR) is 139 cm³/mol. The molecule has 0 rings (SSSR count). The molecular formula is C27H57NO5. The molecule has 0 fully saturated rings. The molecule has 0 radical (unpaired) electrons. The minimum absolute atomic E-state index is 0.345. The first-order valence-corrected chi connectivity index (χ1v) is 13.7. The summed E-state index contributed by atoms with van der Waals surface area (Å²) >= 11 is 0. The third-order valence-corrected chi connectivity index (χ3v) is 5.56. The molecule has 0 amide bonds. The van der Waals surface area contributed by atoms with E-state index in [1.165, 1.54) is 83.5 Å². The van der Waals surface area contributed by atoms with Gasteiger partial charge in [0.1, 0.15) is 0 Å². The number of nitrogens with zero attached hydrogens (tertiary/aromatic N) is 1. The quantitative estimate of drug-likeness (QED) is 0.148. The molecule has 0 saturated carbocycles. The average Bonchev–Trinajstić information content (AvgIpc) is 2.69. The summed E-state index contributed by atoms with van der Waals surface area (Å²) in [6.07, 6.45) is 18.9. The first kappa shape index (κ1) is 34.5. The van der Waals surface area contributed by atoms with E-state index in [0.717, 1.165) is 12.8 Å². The second-order valence-corrected chi connectivity index (χ2v) is 9.86. The number of hydrogen-bond acceptors (Lipinski definition) is 5. The zero-order valence-corrected chi connectivity index (χ0v) is 22.3. The molecule has 0 saturated heterocycles. The summed E-state index contributed by atoms with van der Waals surface area (Å²) in [5.74, 6) is -0.653. The molecule has 0 aromatic heterocycles. The number of unbranched alkanes of at least 4 members (excludes halogenated alkanes) is 14. The molecule has 0 aliphatic carbocycles. The normalized spacial score (nSPS) is 13.9. The summed E-state index contributed by atoms with van der Waals surface area (Å²) in [6, 6.07) is 0. The van der Waals surface area contributed by atoms with E-state index < -0.39 is 24.3 Å². The molecule has 0 bridgehead atoms. The van der Waals surface area contributed by atoms with Gasteiger partial charge in [-0.1, -0.05) is 96.8 Å². The maximum Gasteiger partial charge on any atom is 0.303 e. The van der Waals surface area contributed by atoms with Crippen LogP contribution in [0, 0.1) is 0 Å². The smallest absolute Gasteiger partial charge is 0.303 e. The van der Waals surface area contributed by atoms with Crippen LogP contribution in [0.15, 0.2) is 0 Å². The van der Waals surface area contributed by atoms with Gasteiger partial charge in [0, 0.05) is 26.1 Å². The van der Waals surface area contributed by atoms with Crippen molar-refractivity contribution in [3.8, 4) is 0 Å². The van der Waals surface area contributed by atoms with Gasteiger partial charge in [-0.3, -0.25) is 9.69 Å². The highest BCUT2D eigenvalue weighted by Gasteiger charge is 2.12. The first-order valence-electron chi connectivity index (χ1n) is 13.7. The van der Waals surface area contributed by atoms with Gasteiger partial charge in [0.15, 0.2) is 0 Å². The zero-order valence-electron chi connectivity index (χ0n) is 22.3. The van der Waals surface area contributed by atoms with E-state index >= 15 is 0 Å². The molecule has 200 valence electrons. The van der Waals surface area contributed by atoms with Gasteiger partial charge >= 0.3 is 5.97 Å². The zero-order chi connectivity index (χ0) is 25.3. The SMILES string of the molecule is CCCCCCCCCCCCCCCCCC(=O)O.C[C@@H](O)CN(C[C@@H](C)O)C[C@@H](C)O. The molecule has 33 heavy (non-hydrogen) atoms. The number of aliphatic hydroxyl groups is 3. The Kier molecular flexibility index (Phi) is 27.1. The molecule has 0 spiro atoms. The fourth-order valence-electron chi connectivity index (χ4n) is 3.99. The molecule has 0 unspecified atom stereocenters. The van der Waals surface area contributed by atoms with Gasteiger partial charge in [-0.2, -0.15) is 0 Å². The summed E-state index contributed by atoms with van der Waals surface area (Å²) in [4.78, 5) is 12.2. The number of hydrogen-bond donors (Lipinski definition) is 4. The van der Waals surface area contributed by atoms with Gasteiger partial charge in [0.25, 0.3) is 0 Å². The summed E-state index contributed by atoms with van der Waals surface area (Å²) in [5.41, 5.74) is 0. The van der Waals surface area contributed by atoms with E-state index in [-0.39, 0.29) is 0 Å². The van der Waals surface area contributed by atoms with Crippen LogP contribution >= 0.6 is 0 Å². The highest BCUT2D eigenvalue weighted by atomic mass is 16.4. The Bertz CT molecular complexity index is 378. The molecule has 3 atom stereocenters. The lowest BCUT2D eigenvalue weighted by Gasteiger charge is -2.25. The van der Waals surface area contributed by atoms with Crippen LogP contribution in [0.25, 0.3) is 0 Å². The van der Waals surface area contributed by atoms with E-state index in [0.29, 0.717) is 26.1 Å². The second-order valence-electron chi connectivity index (χ2n) is 9.86. The van der Waals surface area contributed by atoms with E-state index in [1.54, 1.807) is 20.8 Å². The standard InChI is InChI=1S/C18H36O2.C9H21NO3/c1-2-3-4-5-6-7-8-9-10-11-12-13-14-15-16-17-18(19)20;1-7(11)4-10(5-8(2)12)6-9(3)13/h2-17H2,1H3,(H,19,20);7-9,11-13H,4-6H2,1-3H3/t;7-,8-,9-/m.1/s1. The average molecular weight is 476 g/mol. The van der Waals surface area contributed by atoms with Crippen LogP contribution in [0.5, 0.6) is 0 Å². The Balaban J connectivity index is 0. The fraction of sp³-hybridized carbons (Fsp3) is 0.963. The topological polar surface area (TPSA) is 101 Å². The van der Waals surface area contributed by atoms with E-state index in [9.17, 15) is 4.79 Å². The Hall–Kier alpha value is -0.690. The third kappa shape index (κ3) is 33.6.